The molecule has 0 bridgehead atoms. The Morgan fingerprint density at radius 3 is 1.13 bits per heavy atom. The zero-order valence-electron chi connectivity index (χ0n) is 77.0. The monoisotopic (exact) mass is 1970 g/mol. The molecule has 3 fully saturated rings. The van der Waals surface area contributed by atoms with Crippen molar-refractivity contribution in [3.63, 3.8) is 0 Å². The minimum Gasteiger partial charge on any atom is -0.497 e. The van der Waals surface area contributed by atoms with Crippen LogP contribution in [0.2, 0.25) is 20.1 Å². The molecule has 3 saturated heterocycles. The first-order valence-electron chi connectivity index (χ1n) is 44.3. The number of anilines is 8. The Morgan fingerprint density at radius 2 is 0.787 bits per heavy atom. The number of carbonyl (C=O) groups excluding carboxylic acids is 5. The molecule has 17 aromatic rings. The van der Waals surface area contributed by atoms with Crippen LogP contribution in [0.3, 0.4) is 0 Å². The van der Waals surface area contributed by atoms with E-state index >= 15 is 0 Å². The minimum absolute atomic E-state index is 0.0274. The Hall–Kier alpha value is -16.5. The van der Waals surface area contributed by atoms with E-state index in [9.17, 15) is 24.0 Å². The maximum Gasteiger partial charge on any atom is 0.320 e. The van der Waals surface area contributed by atoms with Gasteiger partial charge in [0.05, 0.1) is 67.2 Å². The molecule has 15 heterocycles. The highest BCUT2D eigenvalue weighted by Gasteiger charge is 2.31. The van der Waals surface area contributed by atoms with Crippen LogP contribution in [0.5, 0.6) is 5.75 Å². The number of pyridine rings is 4. The maximum absolute atomic E-state index is 12.7. The normalized spacial score (nSPS) is 13.7. The Labute approximate surface area is 825 Å². The number of ether oxygens (including phenoxy) is 2. The predicted molar refractivity (Wildman–Crippen MR) is 543 cm³/mol. The number of halogens is 4. The van der Waals surface area contributed by atoms with E-state index in [2.05, 4.69) is 118 Å². The molecule has 1 atom stereocenters. The molecule has 0 aliphatic carbocycles. The Bertz CT molecular complexity index is 7600. The van der Waals surface area contributed by atoms with Crippen molar-refractivity contribution in [2.75, 3.05) is 111 Å². The number of methoxy groups -OCH3 is 1. The second-order valence-electron chi connectivity index (χ2n) is 33.5. The van der Waals surface area contributed by atoms with Gasteiger partial charge in [-0.2, -0.15) is 20.4 Å². The molecule has 16 N–H and O–H groups in total. The van der Waals surface area contributed by atoms with Gasteiger partial charge in [0, 0.05) is 199 Å². The number of rotatable bonds is 20. The molecule has 3 aliphatic rings. The van der Waals surface area contributed by atoms with E-state index < -0.39 is 18.1 Å². The van der Waals surface area contributed by atoms with Gasteiger partial charge < -0.3 is 63.5 Å². The molecule has 718 valence electrons. The third kappa shape index (κ3) is 22.9. The van der Waals surface area contributed by atoms with Crippen molar-refractivity contribution in [1.29, 1.82) is 0 Å². The van der Waals surface area contributed by atoms with Crippen LogP contribution in [-0.2, 0) is 44.3 Å². The van der Waals surface area contributed by atoms with Crippen LogP contribution in [0.1, 0.15) is 24.8 Å². The molecule has 141 heavy (non-hydrogen) atoms. The van der Waals surface area contributed by atoms with Crippen LogP contribution < -0.4 is 70.2 Å². The number of urea groups is 4. The maximum atomic E-state index is 12.7. The van der Waals surface area contributed by atoms with E-state index in [-0.39, 0.29) is 70.9 Å². The van der Waals surface area contributed by atoms with Crippen molar-refractivity contribution in [2.24, 2.45) is 40.0 Å². The van der Waals surface area contributed by atoms with E-state index in [0.717, 1.165) is 58.8 Å². The van der Waals surface area contributed by atoms with Crippen molar-refractivity contribution in [2.45, 2.75) is 31.8 Å². The van der Waals surface area contributed by atoms with Gasteiger partial charge in [0.2, 0.25) is 5.91 Å². The summed E-state index contributed by atoms with van der Waals surface area (Å²) in [4.78, 5) is 120. The number of likely N-dealkylation sites (N-methyl/N-ethyl adjacent to an activating group) is 1. The molecule has 12 aromatic heterocycles. The molecule has 0 spiro atoms. The molecule has 20 rings (SSSR count). The van der Waals surface area contributed by atoms with Crippen molar-refractivity contribution < 1.29 is 33.4 Å². The Balaban J connectivity index is 0.000000130. The van der Waals surface area contributed by atoms with Crippen molar-refractivity contribution >= 4 is 167 Å². The number of nitrogens with one attached hydrogen (secondary N) is 8. The number of aryl methyl sites for hydroxylation is 4. The quantitative estimate of drug-likeness (QED) is 0.0337. The summed E-state index contributed by atoms with van der Waals surface area (Å²) in [6.07, 6.45) is 17.7. The van der Waals surface area contributed by atoms with Gasteiger partial charge in [-0.25, -0.2) is 59.0 Å². The first-order chi connectivity index (χ1) is 68.0. The zero-order valence-corrected chi connectivity index (χ0v) is 80.0. The summed E-state index contributed by atoms with van der Waals surface area (Å²) in [7, 11) is 12.6. The predicted octanol–water partition coefficient (Wildman–Crippen LogP) is 14.2. The summed E-state index contributed by atoms with van der Waals surface area (Å²) < 4.78 is 17.2. The zero-order chi connectivity index (χ0) is 98.8. The molecule has 1 unspecified atom stereocenters. The number of amides is 9. The van der Waals surface area contributed by atoms with E-state index in [1.807, 2.05) is 156 Å². The molecule has 41 nitrogen and oxygen atoms in total. The lowest BCUT2D eigenvalue weighted by atomic mass is 10.0. The van der Waals surface area contributed by atoms with Gasteiger partial charge in [-0.1, -0.05) is 82.8 Å². The first kappa shape index (κ1) is 96.2. The highest BCUT2D eigenvalue weighted by Crippen LogP contribution is 2.42. The third-order valence-electron chi connectivity index (χ3n) is 23.1. The van der Waals surface area contributed by atoms with Crippen LogP contribution >= 0.6 is 46.4 Å². The van der Waals surface area contributed by atoms with Crippen molar-refractivity contribution in [3.8, 4) is 96.2 Å². The van der Waals surface area contributed by atoms with Crippen LogP contribution in [0.4, 0.5) is 65.7 Å². The fourth-order valence-corrected chi connectivity index (χ4v) is 17.2. The largest absolute Gasteiger partial charge is 0.497 e. The third-order valence-corrected chi connectivity index (χ3v) is 24.2. The lowest BCUT2D eigenvalue weighted by Gasteiger charge is -2.36. The number of carbonyl (C=O) groups is 5. The summed E-state index contributed by atoms with van der Waals surface area (Å²) in [5.41, 5.74) is 37.5. The SMILES string of the molecule is CN1CC(CNC(=O)Nc2nc(-c3cc(Cl)c4ncccc4c3)c(-c3ccn(C)n3)nc2N)C1.CN1CC(NC(=O)Nc2nc(-c3cc(Cl)c4ncccc4c3)c(-c3cnn(C)c3)nc2N)CC1=O.COc1ccc(CNC(=O)Nc2nc(-c3cc(Cl)c4ncccc4c3)c(-c3ccn(C)n3)nc2N)cc1.Cn1ccc(-c2nc(N)c(NC(=O)NCC3CCOCC3)nc2-c2cc(Cl)c3ncccc3c2)n1. The van der Waals surface area contributed by atoms with E-state index in [4.69, 9.17) is 88.8 Å². The second-order valence-corrected chi connectivity index (χ2v) is 35.1. The van der Waals surface area contributed by atoms with Crippen LogP contribution in [0.25, 0.3) is 134 Å². The smallest absolute Gasteiger partial charge is 0.320 e. The van der Waals surface area contributed by atoms with Gasteiger partial charge in [0.1, 0.15) is 62.7 Å². The minimum atomic E-state index is -0.528. The second kappa shape index (κ2) is 42.7. The van der Waals surface area contributed by atoms with Gasteiger partial charge in [-0.15, -0.1) is 0 Å². The van der Waals surface area contributed by atoms with Gasteiger partial charge >= 0.3 is 24.1 Å². The number of aromatic nitrogens is 20. The number of nitrogens with zero attached hydrogens (tertiary/aromatic N) is 22. The van der Waals surface area contributed by atoms with E-state index in [1.54, 1.807) is 112 Å². The summed E-state index contributed by atoms with van der Waals surface area (Å²) in [6, 6.07) is 40.5. The summed E-state index contributed by atoms with van der Waals surface area (Å²) in [5, 5.41) is 45.1. The Morgan fingerprint density at radius 1 is 0.426 bits per heavy atom. The molecular weight excluding hydrogens is 1880 g/mol. The van der Waals surface area contributed by atoms with Crippen molar-refractivity contribution in [1.82, 2.24) is 130 Å². The summed E-state index contributed by atoms with van der Waals surface area (Å²) in [6.45, 7) is 5.22. The lowest BCUT2D eigenvalue weighted by Crippen LogP contribution is -2.49. The first-order valence-corrected chi connectivity index (χ1v) is 45.8. The standard InChI is InChI=1S/C26H23ClN8O2.C24H25ClN8O2.C23H22ClN9O2.C23H24ClN9O/c1-35-11-9-20(34-35)23-22(17-12-16-4-3-10-29-21(16)19(27)13-17)32-25(24(28)31-23)33-26(36)30-14-15-5-7-18(37-2)8-6-15;1-33-8-4-18(32-33)21-20(16-11-15-3-2-7-27-19(15)17(25)12-16)30-23(22(26)29-21)31-24(34)28-13-14-5-9-35-10-6-14;1-32-11-15(8-17(32)34)28-23(35)31-22-21(25)29-20(14-9-27-33(2)10-14)19(30-22)13-6-12-4-3-5-26-18(12)16(24)7-13;1-32-11-13(12-32)10-27-23(34)30-22-21(25)28-20(17-5-7-33(2)31-17)19(29-22)15-8-14-4-3-6-26-18(14)16(24)9-15/h3-13H,14H2,1-2H3,(H2,28,31)(H2,30,32,33,36);2-4,7-8,11-12,14H,5-6,9-10,13H2,1H3,(H2,26,29)(H2,28,30,31,34);3-7,9-10,15H,8,11H2,1-2H3,(H2,25,29)(H2,28,30,31,35);3-9,13H,10-12H2,1-2H3,(H2,25,28)(H2,27,29,30,34). The molecule has 5 aromatic carbocycles. The highest BCUT2D eigenvalue weighted by atomic mass is 35.5. The molecule has 0 saturated carbocycles. The van der Waals surface area contributed by atoms with E-state index in [0.29, 0.717) is 184 Å². The number of benzene rings is 5. The van der Waals surface area contributed by atoms with E-state index in [1.165, 1.54) is 0 Å². The summed E-state index contributed by atoms with van der Waals surface area (Å²) in [5.74, 6) is 2.33. The van der Waals surface area contributed by atoms with Crippen LogP contribution in [0, 0.1) is 11.8 Å². The van der Waals surface area contributed by atoms with Gasteiger partial charge in [-0.05, 0) is 134 Å². The fraction of sp³-hybridized carbons (Fsp3) is 0.219. The fourth-order valence-electron chi connectivity index (χ4n) is 16.1. The van der Waals surface area contributed by atoms with Gasteiger partial charge in [-0.3, -0.25) is 64.7 Å². The van der Waals surface area contributed by atoms with Crippen LogP contribution in [0.15, 0.2) is 195 Å². The number of likely N-dealkylation sites (tertiary alicyclic amines) is 2. The number of nitrogen functional groups attached to an aromatic ring is 4. The molecule has 9 amide bonds. The number of hydrogen-bond donors (Lipinski definition) is 12. The average Bonchev–Trinajstić information content (AvgIpc) is 1.67. The molecule has 3 aliphatic heterocycles. The summed E-state index contributed by atoms with van der Waals surface area (Å²) >= 11 is 26.1. The van der Waals surface area contributed by atoms with Gasteiger partial charge in [0.25, 0.3) is 0 Å². The molecular formula is C96H94Cl4N34O7. The van der Waals surface area contributed by atoms with Crippen molar-refractivity contribution in [3.05, 3.63) is 221 Å². The molecule has 0 radical (unpaired) electrons. The highest BCUT2D eigenvalue weighted by molar-refractivity contribution is 6.37. The topological polar surface area (TPSA) is 537 Å². The van der Waals surface area contributed by atoms with Gasteiger partial charge in [0.15, 0.2) is 46.5 Å². The lowest BCUT2D eigenvalue weighted by molar-refractivity contribution is -0.126. The Kier molecular flexibility index (Phi) is 29.1. The molecule has 45 heteroatoms. The van der Waals surface area contributed by atoms with Crippen LogP contribution in [-0.4, -0.2) is 212 Å². The number of hydrogen-bond acceptors (Lipinski definition) is 28. The number of fused-ring (bicyclic) bond motifs is 4. The number of nitrogens with two attached hydrogens (primary N) is 4. The average molecular weight is 1980 g/mol.